The van der Waals surface area contributed by atoms with Crippen LogP contribution in [-0.2, 0) is 11.3 Å². The lowest BCUT2D eigenvalue weighted by atomic mass is 9.96. The smallest absolute Gasteiger partial charge is 0.203 e. The fourth-order valence-electron chi connectivity index (χ4n) is 2.64. The molecule has 2 rings (SSSR count). The van der Waals surface area contributed by atoms with Crippen LogP contribution < -0.4 is 5.32 Å². The largest absolute Gasteiger partial charge is 0.385 e. The van der Waals surface area contributed by atoms with E-state index < -0.39 is 0 Å². The molecule has 1 aromatic heterocycles. The molecule has 0 atom stereocenters. The van der Waals surface area contributed by atoms with Crippen LogP contribution in [-0.4, -0.2) is 29.3 Å². The molecule has 1 N–H and O–H groups in total. The highest BCUT2D eigenvalue weighted by Gasteiger charge is 2.15. The molecule has 0 spiro atoms. The van der Waals surface area contributed by atoms with Gasteiger partial charge < -0.3 is 14.6 Å². The minimum atomic E-state index is 0.613. The van der Waals surface area contributed by atoms with Crippen LogP contribution >= 0.6 is 0 Å². The molecule has 0 unspecified atom stereocenters. The average Bonchev–Trinajstić information content (AvgIpc) is 2.71. The first-order valence-corrected chi connectivity index (χ1v) is 7.09. The van der Waals surface area contributed by atoms with E-state index in [-0.39, 0.29) is 0 Å². The monoisotopic (exact) mass is 251 g/mol. The second-order valence-corrected chi connectivity index (χ2v) is 5.22. The molecule has 0 saturated heterocycles. The molecule has 1 aromatic rings. The summed E-state index contributed by atoms with van der Waals surface area (Å²) >= 11 is 0. The highest BCUT2D eigenvalue weighted by atomic mass is 16.5. The van der Waals surface area contributed by atoms with E-state index in [1.165, 1.54) is 32.1 Å². The van der Waals surface area contributed by atoms with Gasteiger partial charge in [-0.3, -0.25) is 0 Å². The van der Waals surface area contributed by atoms with Gasteiger partial charge in [-0.15, -0.1) is 0 Å². The number of rotatable bonds is 6. The molecule has 1 aliphatic carbocycles. The molecule has 0 aliphatic heterocycles. The summed E-state index contributed by atoms with van der Waals surface area (Å²) in [6.07, 6.45) is 9.81. The van der Waals surface area contributed by atoms with E-state index in [1.807, 2.05) is 0 Å². The Labute approximate surface area is 110 Å². The number of anilines is 1. The maximum Gasteiger partial charge on any atom is 0.203 e. The summed E-state index contributed by atoms with van der Waals surface area (Å²) in [5, 5.41) is 3.61. The number of nitrogens with zero attached hydrogens (tertiary/aromatic N) is 2. The Bertz CT molecular complexity index is 356. The van der Waals surface area contributed by atoms with Gasteiger partial charge in [-0.1, -0.05) is 19.3 Å². The maximum absolute atomic E-state index is 5.11. The molecule has 0 bridgehead atoms. The van der Waals surface area contributed by atoms with E-state index in [9.17, 15) is 0 Å². The van der Waals surface area contributed by atoms with Crippen LogP contribution in [0.25, 0.3) is 0 Å². The van der Waals surface area contributed by atoms with Crippen LogP contribution in [0.3, 0.4) is 0 Å². The zero-order valence-electron chi connectivity index (χ0n) is 11.6. The van der Waals surface area contributed by atoms with Gasteiger partial charge in [0.15, 0.2) is 0 Å². The topological polar surface area (TPSA) is 39.1 Å². The minimum absolute atomic E-state index is 0.613. The standard InChI is InChI=1S/C14H25N3O/c1-12-11-17(9-6-10-18-2)14(15-12)16-13-7-4-3-5-8-13/h11,13H,3-10H2,1-2H3,(H,15,16). The van der Waals surface area contributed by atoms with Gasteiger partial charge in [0, 0.05) is 32.5 Å². The first-order chi connectivity index (χ1) is 8.79. The van der Waals surface area contributed by atoms with Crippen molar-refractivity contribution in [1.82, 2.24) is 9.55 Å². The summed E-state index contributed by atoms with van der Waals surface area (Å²) in [5.41, 5.74) is 1.09. The zero-order valence-corrected chi connectivity index (χ0v) is 11.6. The predicted molar refractivity (Wildman–Crippen MR) is 74.0 cm³/mol. The molecule has 1 heterocycles. The van der Waals surface area contributed by atoms with Crippen LogP contribution in [0.1, 0.15) is 44.2 Å². The van der Waals surface area contributed by atoms with Crippen LogP contribution in [0.5, 0.6) is 0 Å². The lowest BCUT2D eigenvalue weighted by molar-refractivity contribution is 0.190. The number of nitrogens with one attached hydrogen (secondary N) is 1. The van der Waals surface area contributed by atoms with Gasteiger partial charge in [-0.2, -0.15) is 0 Å². The molecular weight excluding hydrogens is 226 g/mol. The van der Waals surface area contributed by atoms with Crippen molar-refractivity contribution < 1.29 is 4.74 Å². The summed E-state index contributed by atoms with van der Waals surface area (Å²) < 4.78 is 7.33. The molecule has 18 heavy (non-hydrogen) atoms. The maximum atomic E-state index is 5.11. The van der Waals surface area contributed by atoms with Gasteiger partial charge in [-0.25, -0.2) is 4.98 Å². The highest BCUT2D eigenvalue weighted by molar-refractivity contribution is 5.30. The third kappa shape index (κ3) is 3.73. The van der Waals surface area contributed by atoms with Crippen molar-refractivity contribution in [2.75, 3.05) is 19.0 Å². The Hall–Kier alpha value is -1.03. The highest BCUT2D eigenvalue weighted by Crippen LogP contribution is 2.21. The van der Waals surface area contributed by atoms with Crippen LogP contribution in [0.4, 0.5) is 5.95 Å². The van der Waals surface area contributed by atoms with Gasteiger partial charge in [0.05, 0.1) is 5.69 Å². The molecule has 1 aliphatic rings. The fraction of sp³-hybridized carbons (Fsp3) is 0.786. The van der Waals surface area contributed by atoms with Crippen molar-refractivity contribution in [2.24, 2.45) is 0 Å². The molecule has 1 fully saturated rings. The fourth-order valence-corrected chi connectivity index (χ4v) is 2.64. The molecule has 4 nitrogen and oxygen atoms in total. The Morgan fingerprint density at radius 2 is 2.17 bits per heavy atom. The summed E-state index contributed by atoms with van der Waals surface area (Å²) in [7, 11) is 1.75. The summed E-state index contributed by atoms with van der Waals surface area (Å²) in [6, 6.07) is 0.613. The zero-order chi connectivity index (χ0) is 12.8. The van der Waals surface area contributed by atoms with Gasteiger partial charge in [-0.05, 0) is 26.2 Å². The van der Waals surface area contributed by atoms with E-state index in [1.54, 1.807) is 7.11 Å². The van der Waals surface area contributed by atoms with E-state index in [0.717, 1.165) is 31.2 Å². The van der Waals surface area contributed by atoms with E-state index in [2.05, 4.69) is 28.0 Å². The molecule has 0 amide bonds. The summed E-state index contributed by atoms with van der Waals surface area (Å²) in [4.78, 5) is 4.59. The summed E-state index contributed by atoms with van der Waals surface area (Å²) in [6.45, 7) is 3.84. The first kappa shape index (κ1) is 13.4. The molecule has 1 saturated carbocycles. The van der Waals surface area contributed by atoms with E-state index in [0.29, 0.717) is 6.04 Å². The quantitative estimate of drug-likeness (QED) is 0.790. The normalized spacial score (nSPS) is 17.0. The van der Waals surface area contributed by atoms with Crippen molar-refractivity contribution in [2.45, 2.75) is 58.0 Å². The van der Waals surface area contributed by atoms with Crippen LogP contribution in [0, 0.1) is 6.92 Å². The number of methoxy groups -OCH3 is 1. The average molecular weight is 251 g/mol. The number of hydrogen-bond donors (Lipinski definition) is 1. The number of aryl methyl sites for hydroxylation is 2. The molecule has 4 heteroatoms. The Kier molecular flexibility index (Phi) is 5.05. The SMILES string of the molecule is COCCCn1cc(C)nc1NC1CCCCC1. The molecular formula is C14H25N3O. The van der Waals surface area contributed by atoms with Crippen molar-refractivity contribution in [3.63, 3.8) is 0 Å². The number of ether oxygens (including phenoxy) is 1. The van der Waals surface area contributed by atoms with Gasteiger partial charge in [0.25, 0.3) is 0 Å². The first-order valence-electron chi connectivity index (χ1n) is 7.09. The number of aromatic nitrogens is 2. The third-order valence-electron chi connectivity index (χ3n) is 3.58. The third-order valence-corrected chi connectivity index (χ3v) is 3.58. The minimum Gasteiger partial charge on any atom is -0.385 e. The molecule has 0 radical (unpaired) electrons. The van der Waals surface area contributed by atoms with Crippen LogP contribution in [0.15, 0.2) is 6.20 Å². The van der Waals surface area contributed by atoms with E-state index in [4.69, 9.17) is 4.74 Å². The van der Waals surface area contributed by atoms with Crippen molar-refractivity contribution >= 4 is 5.95 Å². The molecule has 0 aromatic carbocycles. The second-order valence-electron chi connectivity index (χ2n) is 5.22. The second kappa shape index (κ2) is 6.78. The van der Waals surface area contributed by atoms with Crippen LogP contribution in [0.2, 0.25) is 0 Å². The van der Waals surface area contributed by atoms with E-state index >= 15 is 0 Å². The lowest BCUT2D eigenvalue weighted by Crippen LogP contribution is -2.24. The van der Waals surface area contributed by atoms with Gasteiger partial charge in [0.2, 0.25) is 5.95 Å². The Balaban J connectivity index is 1.93. The van der Waals surface area contributed by atoms with Crippen molar-refractivity contribution in [3.05, 3.63) is 11.9 Å². The molecule has 102 valence electrons. The predicted octanol–water partition coefficient (Wildman–Crippen LogP) is 2.97. The Morgan fingerprint density at radius 3 is 2.89 bits per heavy atom. The Morgan fingerprint density at radius 1 is 1.39 bits per heavy atom. The van der Waals surface area contributed by atoms with Crippen molar-refractivity contribution in [1.29, 1.82) is 0 Å². The number of imidazole rings is 1. The van der Waals surface area contributed by atoms with Crippen molar-refractivity contribution in [3.8, 4) is 0 Å². The van der Waals surface area contributed by atoms with Gasteiger partial charge in [0.1, 0.15) is 0 Å². The number of hydrogen-bond acceptors (Lipinski definition) is 3. The summed E-state index contributed by atoms with van der Waals surface area (Å²) in [5.74, 6) is 1.04. The lowest BCUT2D eigenvalue weighted by Gasteiger charge is -2.23. The van der Waals surface area contributed by atoms with Gasteiger partial charge >= 0.3 is 0 Å².